The van der Waals surface area contributed by atoms with Gasteiger partial charge in [-0.1, -0.05) is 0 Å². The van der Waals surface area contributed by atoms with Gasteiger partial charge in [-0.2, -0.15) is 0 Å². The Morgan fingerprint density at radius 1 is 1.06 bits per heavy atom. The SMILES string of the molecule is COC(=O)CCCNC(=O)CN(C)CC(=O)OC. The second-order valence-corrected chi connectivity index (χ2v) is 3.78. The van der Waals surface area contributed by atoms with Gasteiger partial charge in [0.15, 0.2) is 0 Å². The lowest BCUT2D eigenvalue weighted by molar-refractivity contribution is -0.142. The first-order valence-corrected chi connectivity index (χ1v) is 5.58. The van der Waals surface area contributed by atoms with E-state index in [1.54, 1.807) is 11.9 Å². The summed E-state index contributed by atoms with van der Waals surface area (Å²) in [5.74, 6) is -0.894. The van der Waals surface area contributed by atoms with E-state index in [-0.39, 0.29) is 31.4 Å². The molecule has 0 bridgehead atoms. The molecule has 7 nitrogen and oxygen atoms in total. The molecule has 0 saturated carbocycles. The van der Waals surface area contributed by atoms with Crippen LogP contribution < -0.4 is 5.32 Å². The van der Waals surface area contributed by atoms with Gasteiger partial charge in [0, 0.05) is 13.0 Å². The number of likely N-dealkylation sites (N-methyl/N-ethyl adjacent to an activating group) is 1. The first kappa shape index (κ1) is 16.4. The van der Waals surface area contributed by atoms with E-state index in [4.69, 9.17) is 0 Å². The third kappa shape index (κ3) is 8.51. The van der Waals surface area contributed by atoms with Crippen LogP contribution in [0.2, 0.25) is 0 Å². The Labute approximate surface area is 106 Å². The molecular formula is C11H20N2O5. The fraction of sp³-hybridized carbons (Fsp3) is 0.727. The molecule has 0 spiro atoms. The predicted octanol–water partition coefficient (Wildman–Crippen LogP) is -0.839. The molecule has 0 aliphatic heterocycles. The van der Waals surface area contributed by atoms with Crippen LogP contribution in [0.1, 0.15) is 12.8 Å². The van der Waals surface area contributed by atoms with E-state index in [9.17, 15) is 14.4 Å². The number of nitrogens with one attached hydrogen (secondary N) is 1. The van der Waals surface area contributed by atoms with Crippen molar-refractivity contribution in [3.8, 4) is 0 Å². The number of ether oxygens (including phenoxy) is 2. The summed E-state index contributed by atoms with van der Waals surface area (Å²) in [5, 5.41) is 2.64. The standard InChI is InChI=1S/C11H20N2O5/c1-13(8-11(16)18-3)7-9(14)12-6-4-5-10(15)17-2/h4-8H2,1-3H3,(H,12,14). The van der Waals surface area contributed by atoms with Crippen LogP contribution in [0.25, 0.3) is 0 Å². The normalized spacial score (nSPS) is 10.0. The molecule has 18 heavy (non-hydrogen) atoms. The second-order valence-electron chi connectivity index (χ2n) is 3.78. The molecule has 0 radical (unpaired) electrons. The summed E-state index contributed by atoms with van der Waals surface area (Å²) in [6, 6.07) is 0. The van der Waals surface area contributed by atoms with Gasteiger partial charge in [-0.05, 0) is 13.5 Å². The van der Waals surface area contributed by atoms with E-state index in [1.807, 2.05) is 0 Å². The molecule has 7 heteroatoms. The van der Waals surface area contributed by atoms with Gasteiger partial charge in [-0.25, -0.2) is 0 Å². The highest BCUT2D eigenvalue weighted by atomic mass is 16.5. The average Bonchev–Trinajstić information content (AvgIpc) is 2.33. The fourth-order valence-electron chi connectivity index (χ4n) is 1.20. The summed E-state index contributed by atoms with van der Waals surface area (Å²) in [6.07, 6.45) is 0.800. The maximum Gasteiger partial charge on any atom is 0.319 e. The quantitative estimate of drug-likeness (QED) is 0.452. The number of amides is 1. The van der Waals surface area contributed by atoms with Gasteiger partial charge in [0.05, 0.1) is 27.3 Å². The number of nitrogens with zero attached hydrogens (tertiary/aromatic N) is 1. The first-order valence-electron chi connectivity index (χ1n) is 5.58. The van der Waals surface area contributed by atoms with Gasteiger partial charge in [0.25, 0.3) is 0 Å². The minimum Gasteiger partial charge on any atom is -0.469 e. The fourth-order valence-corrected chi connectivity index (χ4v) is 1.20. The number of methoxy groups -OCH3 is 2. The highest BCUT2D eigenvalue weighted by molar-refractivity contribution is 5.79. The Morgan fingerprint density at radius 3 is 2.22 bits per heavy atom. The van der Waals surface area contributed by atoms with Crippen molar-refractivity contribution in [2.45, 2.75) is 12.8 Å². The highest BCUT2D eigenvalue weighted by Crippen LogP contribution is 1.90. The minimum absolute atomic E-state index is 0.0616. The summed E-state index contributed by atoms with van der Waals surface area (Å²) < 4.78 is 8.94. The van der Waals surface area contributed by atoms with E-state index >= 15 is 0 Å². The molecule has 0 aromatic heterocycles. The van der Waals surface area contributed by atoms with Crippen molar-refractivity contribution in [3.63, 3.8) is 0 Å². The Balaban J connectivity index is 3.64. The van der Waals surface area contributed by atoms with Gasteiger partial charge in [0.2, 0.25) is 5.91 Å². The van der Waals surface area contributed by atoms with E-state index in [2.05, 4.69) is 14.8 Å². The van der Waals surface area contributed by atoms with Gasteiger partial charge in [-0.3, -0.25) is 19.3 Å². The first-order chi connectivity index (χ1) is 8.49. The summed E-state index contributed by atoms with van der Waals surface area (Å²) in [7, 11) is 4.26. The van der Waals surface area contributed by atoms with Crippen molar-refractivity contribution >= 4 is 17.8 Å². The molecule has 1 N–H and O–H groups in total. The van der Waals surface area contributed by atoms with Crippen molar-refractivity contribution in [1.29, 1.82) is 0 Å². The Kier molecular flexibility index (Phi) is 8.55. The van der Waals surface area contributed by atoms with Crippen LogP contribution in [-0.2, 0) is 23.9 Å². The van der Waals surface area contributed by atoms with E-state index in [1.165, 1.54) is 14.2 Å². The molecule has 0 saturated heterocycles. The Hall–Kier alpha value is -1.63. The molecule has 0 aromatic carbocycles. The van der Waals surface area contributed by atoms with Crippen LogP contribution in [0.3, 0.4) is 0 Å². The molecule has 0 aliphatic carbocycles. The van der Waals surface area contributed by atoms with Gasteiger partial charge in [0.1, 0.15) is 0 Å². The summed E-state index contributed by atoms with van der Waals surface area (Å²) in [6.45, 7) is 0.569. The number of hydrogen-bond donors (Lipinski definition) is 1. The Bertz CT molecular complexity index is 293. The van der Waals surface area contributed by atoms with Crippen LogP contribution in [-0.4, -0.2) is 63.6 Å². The van der Waals surface area contributed by atoms with Gasteiger partial charge < -0.3 is 14.8 Å². The third-order valence-corrected chi connectivity index (χ3v) is 2.15. The summed E-state index contributed by atoms with van der Waals surface area (Å²) >= 11 is 0. The smallest absolute Gasteiger partial charge is 0.319 e. The highest BCUT2D eigenvalue weighted by Gasteiger charge is 2.10. The average molecular weight is 260 g/mol. The zero-order valence-electron chi connectivity index (χ0n) is 11.0. The molecule has 0 heterocycles. The molecule has 0 unspecified atom stereocenters. The molecule has 0 fully saturated rings. The van der Waals surface area contributed by atoms with Crippen molar-refractivity contribution in [1.82, 2.24) is 10.2 Å². The molecule has 0 rings (SSSR count). The maximum absolute atomic E-state index is 11.4. The van der Waals surface area contributed by atoms with Gasteiger partial charge >= 0.3 is 11.9 Å². The van der Waals surface area contributed by atoms with Crippen molar-refractivity contribution in [2.24, 2.45) is 0 Å². The Morgan fingerprint density at radius 2 is 1.67 bits per heavy atom. The monoisotopic (exact) mass is 260 g/mol. The number of hydrogen-bond acceptors (Lipinski definition) is 6. The predicted molar refractivity (Wildman–Crippen MR) is 63.8 cm³/mol. The molecular weight excluding hydrogens is 240 g/mol. The van der Waals surface area contributed by atoms with E-state index < -0.39 is 5.97 Å². The number of carbonyl (C=O) groups is 3. The molecule has 104 valence electrons. The summed E-state index contributed by atoms with van der Waals surface area (Å²) in [4.78, 5) is 34.7. The van der Waals surface area contributed by atoms with Crippen LogP contribution in [0.4, 0.5) is 0 Å². The van der Waals surface area contributed by atoms with E-state index in [0.717, 1.165) is 0 Å². The number of esters is 2. The topological polar surface area (TPSA) is 84.9 Å². The molecule has 0 aromatic rings. The lowest BCUT2D eigenvalue weighted by Gasteiger charge is -2.14. The lowest BCUT2D eigenvalue weighted by atomic mass is 10.3. The van der Waals surface area contributed by atoms with Crippen LogP contribution >= 0.6 is 0 Å². The van der Waals surface area contributed by atoms with Crippen molar-refractivity contribution < 1.29 is 23.9 Å². The minimum atomic E-state index is -0.393. The molecule has 1 amide bonds. The third-order valence-electron chi connectivity index (χ3n) is 2.15. The number of rotatable bonds is 8. The van der Waals surface area contributed by atoms with Crippen LogP contribution in [0.5, 0.6) is 0 Å². The van der Waals surface area contributed by atoms with E-state index in [0.29, 0.717) is 13.0 Å². The van der Waals surface area contributed by atoms with Crippen LogP contribution in [0.15, 0.2) is 0 Å². The zero-order valence-corrected chi connectivity index (χ0v) is 11.0. The van der Waals surface area contributed by atoms with Crippen molar-refractivity contribution in [2.75, 3.05) is 40.9 Å². The van der Waals surface area contributed by atoms with Gasteiger partial charge in [-0.15, -0.1) is 0 Å². The largest absolute Gasteiger partial charge is 0.469 e. The summed E-state index contributed by atoms with van der Waals surface area (Å²) in [5.41, 5.74) is 0. The van der Waals surface area contributed by atoms with Crippen LogP contribution in [0, 0.1) is 0 Å². The number of carbonyl (C=O) groups excluding carboxylic acids is 3. The molecule has 0 atom stereocenters. The second kappa shape index (κ2) is 9.41. The zero-order chi connectivity index (χ0) is 14.0. The molecule has 0 aliphatic rings. The lowest BCUT2D eigenvalue weighted by Crippen LogP contribution is -2.38. The maximum atomic E-state index is 11.4. The van der Waals surface area contributed by atoms with Crippen molar-refractivity contribution in [3.05, 3.63) is 0 Å².